The average molecular weight is 338 g/mol. The second kappa shape index (κ2) is 6.38. The van der Waals surface area contributed by atoms with Crippen LogP contribution in [0.25, 0.3) is 0 Å². The van der Waals surface area contributed by atoms with Gasteiger partial charge in [-0.2, -0.15) is 4.31 Å². The zero-order valence-electron chi connectivity index (χ0n) is 12.8. The van der Waals surface area contributed by atoms with Crippen LogP contribution in [0.15, 0.2) is 36.7 Å². The van der Waals surface area contributed by atoms with E-state index >= 15 is 0 Å². The van der Waals surface area contributed by atoms with E-state index in [0.717, 1.165) is 0 Å². The maximum atomic E-state index is 13.3. The third-order valence-electron chi connectivity index (χ3n) is 3.95. The van der Waals surface area contributed by atoms with Gasteiger partial charge in [-0.1, -0.05) is 12.1 Å². The molecule has 2 aromatic rings. The molecule has 1 aromatic carbocycles. The number of hydrogen-bond acceptors (Lipinski definition) is 4. The number of piperazine rings is 1. The summed E-state index contributed by atoms with van der Waals surface area (Å²) in [4.78, 5) is 4.28. The minimum atomic E-state index is -3.57. The Morgan fingerprint density at radius 2 is 2.26 bits per heavy atom. The zero-order valence-corrected chi connectivity index (χ0v) is 13.6. The third-order valence-corrected chi connectivity index (χ3v) is 5.80. The zero-order chi connectivity index (χ0) is 16.4. The van der Waals surface area contributed by atoms with Crippen molar-refractivity contribution in [3.63, 3.8) is 0 Å². The number of nitrogens with zero attached hydrogens (tertiary/aromatic N) is 3. The quantitative estimate of drug-likeness (QED) is 0.904. The molecular weight excluding hydrogens is 319 g/mol. The van der Waals surface area contributed by atoms with E-state index in [-0.39, 0.29) is 11.8 Å². The lowest BCUT2D eigenvalue weighted by Crippen LogP contribution is -2.49. The smallest absolute Gasteiger partial charge is 0.219 e. The van der Waals surface area contributed by atoms with Crippen molar-refractivity contribution in [1.82, 2.24) is 19.2 Å². The number of hydrogen-bond donors (Lipinski definition) is 1. The Morgan fingerprint density at radius 1 is 1.43 bits per heavy atom. The highest BCUT2D eigenvalue weighted by Gasteiger charge is 2.35. The monoisotopic (exact) mass is 338 g/mol. The summed E-state index contributed by atoms with van der Waals surface area (Å²) >= 11 is 0. The second-order valence-electron chi connectivity index (χ2n) is 5.61. The minimum absolute atomic E-state index is 0.217. The molecule has 1 unspecified atom stereocenters. The fraction of sp³-hybridized carbons (Fsp3) is 0.400. The van der Waals surface area contributed by atoms with E-state index in [1.807, 2.05) is 11.6 Å². The molecular formula is C15H19FN4O2S. The Bertz CT molecular complexity index is 790. The van der Waals surface area contributed by atoms with Crippen LogP contribution in [-0.4, -0.2) is 41.9 Å². The van der Waals surface area contributed by atoms with Crippen molar-refractivity contribution in [2.24, 2.45) is 7.05 Å². The number of aromatic nitrogens is 2. The first-order valence-corrected chi connectivity index (χ1v) is 9.00. The number of sulfonamides is 1. The summed E-state index contributed by atoms with van der Waals surface area (Å²) in [6.07, 6.45) is 3.45. The van der Waals surface area contributed by atoms with Crippen molar-refractivity contribution < 1.29 is 12.8 Å². The highest BCUT2D eigenvalue weighted by atomic mass is 32.2. The number of halogens is 1. The Labute approximate surface area is 135 Å². The molecule has 0 aliphatic carbocycles. The Balaban J connectivity index is 1.88. The van der Waals surface area contributed by atoms with Gasteiger partial charge in [0.2, 0.25) is 10.0 Å². The molecule has 0 saturated carbocycles. The van der Waals surface area contributed by atoms with E-state index in [0.29, 0.717) is 31.0 Å². The first-order chi connectivity index (χ1) is 11.0. The Kier molecular flexibility index (Phi) is 4.47. The van der Waals surface area contributed by atoms with Gasteiger partial charge in [0.25, 0.3) is 0 Å². The predicted molar refractivity (Wildman–Crippen MR) is 84.5 cm³/mol. The first-order valence-electron chi connectivity index (χ1n) is 7.39. The highest BCUT2D eigenvalue weighted by Crippen LogP contribution is 2.25. The largest absolute Gasteiger partial charge is 0.337 e. The SMILES string of the molecule is Cn1ccnc1C1CNCCN1S(=O)(=O)Cc1cccc(F)c1. The van der Waals surface area contributed by atoms with Crippen molar-refractivity contribution in [3.8, 4) is 0 Å². The number of aryl methyl sites for hydroxylation is 1. The van der Waals surface area contributed by atoms with Gasteiger partial charge in [0.15, 0.2) is 0 Å². The fourth-order valence-corrected chi connectivity index (χ4v) is 4.55. The lowest BCUT2D eigenvalue weighted by Gasteiger charge is -2.34. The van der Waals surface area contributed by atoms with Crippen LogP contribution in [0.1, 0.15) is 17.4 Å². The molecule has 1 N–H and O–H groups in total. The van der Waals surface area contributed by atoms with E-state index in [4.69, 9.17) is 0 Å². The van der Waals surface area contributed by atoms with Crippen LogP contribution in [0.2, 0.25) is 0 Å². The Hall–Kier alpha value is -1.77. The van der Waals surface area contributed by atoms with Crippen LogP contribution in [0, 0.1) is 5.82 Å². The molecule has 1 saturated heterocycles. The van der Waals surface area contributed by atoms with Gasteiger partial charge in [0.05, 0.1) is 11.8 Å². The molecule has 1 atom stereocenters. The molecule has 0 spiro atoms. The van der Waals surface area contributed by atoms with Crippen molar-refractivity contribution in [1.29, 1.82) is 0 Å². The molecule has 8 heteroatoms. The van der Waals surface area contributed by atoms with E-state index in [9.17, 15) is 12.8 Å². The lowest BCUT2D eigenvalue weighted by atomic mass is 10.2. The highest BCUT2D eigenvalue weighted by molar-refractivity contribution is 7.88. The van der Waals surface area contributed by atoms with Crippen molar-refractivity contribution in [3.05, 3.63) is 53.9 Å². The van der Waals surface area contributed by atoms with Gasteiger partial charge in [0.1, 0.15) is 11.6 Å². The van der Waals surface area contributed by atoms with Gasteiger partial charge in [-0.15, -0.1) is 0 Å². The average Bonchev–Trinajstić information content (AvgIpc) is 2.93. The topological polar surface area (TPSA) is 67.2 Å². The second-order valence-corrected chi connectivity index (χ2v) is 7.53. The van der Waals surface area contributed by atoms with Gasteiger partial charge in [0, 0.05) is 39.1 Å². The summed E-state index contributed by atoms with van der Waals surface area (Å²) in [6, 6.07) is 5.35. The van der Waals surface area contributed by atoms with Gasteiger partial charge in [-0.05, 0) is 17.7 Å². The molecule has 23 heavy (non-hydrogen) atoms. The molecule has 3 rings (SSSR count). The van der Waals surface area contributed by atoms with Gasteiger partial charge >= 0.3 is 0 Å². The molecule has 124 valence electrons. The van der Waals surface area contributed by atoms with Gasteiger partial charge in [-0.25, -0.2) is 17.8 Å². The normalized spacial score (nSPS) is 19.8. The summed E-state index contributed by atoms with van der Waals surface area (Å²) in [6.45, 7) is 1.46. The summed E-state index contributed by atoms with van der Waals surface area (Å²) in [7, 11) is -1.73. The number of imidazole rings is 1. The molecule has 0 amide bonds. The molecule has 1 aliphatic rings. The summed E-state index contributed by atoms with van der Waals surface area (Å²) in [5.41, 5.74) is 0.446. The minimum Gasteiger partial charge on any atom is -0.337 e. The summed E-state index contributed by atoms with van der Waals surface area (Å²) < 4.78 is 42.2. The van der Waals surface area contributed by atoms with E-state index < -0.39 is 15.8 Å². The number of benzene rings is 1. The molecule has 2 heterocycles. The standard InChI is InChI=1S/C15H19FN4O2S/c1-19-7-6-18-15(19)14-10-17-5-8-20(14)23(21,22)11-12-3-2-4-13(16)9-12/h2-4,6-7,9,14,17H,5,8,10-11H2,1H3. The number of rotatable bonds is 4. The summed E-state index contributed by atoms with van der Waals surface area (Å²) in [5, 5.41) is 3.21. The van der Waals surface area contributed by atoms with Crippen LogP contribution in [0.5, 0.6) is 0 Å². The summed E-state index contributed by atoms with van der Waals surface area (Å²) in [5.74, 6) is 0.0461. The molecule has 0 bridgehead atoms. The van der Waals surface area contributed by atoms with Crippen LogP contribution >= 0.6 is 0 Å². The first kappa shape index (κ1) is 16.1. The van der Waals surface area contributed by atoms with Crippen molar-refractivity contribution >= 4 is 10.0 Å². The molecule has 6 nitrogen and oxygen atoms in total. The Morgan fingerprint density at radius 3 is 2.96 bits per heavy atom. The molecule has 1 aliphatic heterocycles. The van der Waals surface area contributed by atoms with Gasteiger partial charge in [-0.3, -0.25) is 0 Å². The van der Waals surface area contributed by atoms with Crippen LogP contribution in [0.4, 0.5) is 4.39 Å². The predicted octanol–water partition coefficient (Wildman–Crippen LogP) is 1.04. The molecule has 1 aromatic heterocycles. The van der Waals surface area contributed by atoms with Crippen LogP contribution in [0.3, 0.4) is 0 Å². The molecule has 0 radical (unpaired) electrons. The van der Waals surface area contributed by atoms with E-state index in [1.54, 1.807) is 18.5 Å². The van der Waals surface area contributed by atoms with Crippen molar-refractivity contribution in [2.45, 2.75) is 11.8 Å². The maximum absolute atomic E-state index is 13.3. The fourth-order valence-electron chi connectivity index (χ4n) is 2.86. The van der Waals surface area contributed by atoms with Gasteiger partial charge < -0.3 is 9.88 Å². The number of nitrogens with one attached hydrogen (secondary N) is 1. The lowest BCUT2D eigenvalue weighted by molar-refractivity contribution is 0.258. The third kappa shape index (κ3) is 3.44. The van der Waals surface area contributed by atoms with E-state index in [2.05, 4.69) is 10.3 Å². The maximum Gasteiger partial charge on any atom is 0.219 e. The van der Waals surface area contributed by atoms with E-state index in [1.165, 1.54) is 22.5 Å². The van der Waals surface area contributed by atoms with Crippen LogP contribution in [-0.2, 0) is 22.8 Å². The van der Waals surface area contributed by atoms with Crippen molar-refractivity contribution in [2.75, 3.05) is 19.6 Å². The molecule has 1 fully saturated rings. The van der Waals surface area contributed by atoms with Crippen LogP contribution < -0.4 is 5.32 Å².